The Labute approximate surface area is 130 Å². The lowest BCUT2D eigenvalue weighted by molar-refractivity contribution is 0.0618. The molecule has 0 aromatic heterocycles. The second kappa shape index (κ2) is 7.70. The smallest absolute Gasteiger partial charge is 0.0761 e. The Morgan fingerprint density at radius 2 is 1.63 bits per heavy atom. The Hall–Kier alpha value is 0.01000. The third-order valence-corrected chi connectivity index (χ3v) is 4.49. The number of halogens is 3. The van der Waals surface area contributed by atoms with Crippen LogP contribution in [0.2, 0.25) is 10.0 Å². The van der Waals surface area contributed by atoms with Crippen LogP contribution in [-0.2, 0) is 0 Å². The van der Waals surface area contributed by atoms with Crippen molar-refractivity contribution in [2.45, 2.75) is 44.2 Å². The first kappa shape index (κ1) is 17.1. The Balaban J connectivity index is 0.00000180. The quantitative estimate of drug-likeness (QED) is 0.868. The predicted octanol–water partition coefficient (Wildman–Crippen LogP) is 4.36. The van der Waals surface area contributed by atoms with Gasteiger partial charge in [0.1, 0.15) is 0 Å². The fraction of sp³-hybridized carbons (Fsp3) is 0.571. The maximum atomic E-state index is 10.4. The zero-order valence-corrected chi connectivity index (χ0v) is 13.0. The van der Waals surface area contributed by atoms with Crippen LogP contribution in [0.15, 0.2) is 18.2 Å². The van der Waals surface area contributed by atoms with Crippen molar-refractivity contribution in [2.24, 2.45) is 11.7 Å². The van der Waals surface area contributed by atoms with Gasteiger partial charge in [0, 0.05) is 15.6 Å². The van der Waals surface area contributed by atoms with E-state index in [1.807, 2.05) is 0 Å². The van der Waals surface area contributed by atoms with Crippen LogP contribution in [0.3, 0.4) is 0 Å². The molecule has 0 aliphatic heterocycles. The zero-order valence-electron chi connectivity index (χ0n) is 10.7. The molecule has 2 nitrogen and oxygen atoms in total. The minimum absolute atomic E-state index is 0. The van der Waals surface area contributed by atoms with Crippen molar-refractivity contribution < 1.29 is 5.11 Å². The molecule has 5 heteroatoms. The fourth-order valence-corrected chi connectivity index (χ4v) is 3.42. The Bertz CT molecular complexity index is 387. The highest BCUT2D eigenvalue weighted by Gasteiger charge is 2.29. The Morgan fingerprint density at radius 3 is 2.16 bits per heavy atom. The molecule has 0 radical (unpaired) electrons. The van der Waals surface area contributed by atoms with E-state index in [4.69, 9.17) is 28.9 Å². The molecule has 1 saturated carbocycles. The molecule has 1 fully saturated rings. The van der Waals surface area contributed by atoms with Crippen molar-refractivity contribution in [3.8, 4) is 0 Å². The molecule has 2 rings (SSSR count). The van der Waals surface area contributed by atoms with E-state index in [0.717, 1.165) is 12.8 Å². The zero-order chi connectivity index (χ0) is 13.1. The van der Waals surface area contributed by atoms with Gasteiger partial charge in [-0.15, -0.1) is 12.4 Å². The highest BCUT2D eigenvalue weighted by atomic mass is 35.5. The standard InChI is InChI=1S/C14H19Cl2NO.ClH/c15-10-7-4-8-11(16)12(10)13(17)14(18)9-5-2-1-3-6-9;/h4,7-9,13-14,18H,1-3,5-6,17H2;1H/t13-,14+;/m1./s1. The molecule has 0 heterocycles. The van der Waals surface area contributed by atoms with Gasteiger partial charge in [-0.05, 0) is 30.9 Å². The molecule has 3 N–H and O–H groups in total. The van der Waals surface area contributed by atoms with Crippen LogP contribution < -0.4 is 5.73 Å². The van der Waals surface area contributed by atoms with Crippen LogP contribution in [0.1, 0.15) is 43.7 Å². The number of hydrogen-bond donors (Lipinski definition) is 2. The monoisotopic (exact) mass is 323 g/mol. The summed E-state index contributed by atoms with van der Waals surface area (Å²) in [4.78, 5) is 0. The van der Waals surface area contributed by atoms with Crippen LogP contribution in [0, 0.1) is 5.92 Å². The highest BCUT2D eigenvalue weighted by molar-refractivity contribution is 6.36. The van der Waals surface area contributed by atoms with E-state index < -0.39 is 12.1 Å². The van der Waals surface area contributed by atoms with E-state index >= 15 is 0 Å². The third-order valence-electron chi connectivity index (χ3n) is 3.83. The Kier molecular flexibility index (Phi) is 6.92. The summed E-state index contributed by atoms with van der Waals surface area (Å²) in [5.41, 5.74) is 6.82. The summed E-state index contributed by atoms with van der Waals surface area (Å²) in [6, 6.07) is 4.80. The summed E-state index contributed by atoms with van der Waals surface area (Å²) in [5.74, 6) is 0.265. The van der Waals surface area contributed by atoms with Gasteiger partial charge in [-0.3, -0.25) is 0 Å². The molecular formula is C14H20Cl3NO. The van der Waals surface area contributed by atoms with Gasteiger partial charge in [0.25, 0.3) is 0 Å². The van der Waals surface area contributed by atoms with Crippen molar-refractivity contribution in [1.29, 1.82) is 0 Å². The summed E-state index contributed by atoms with van der Waals surface area (Å²) < 4.78 is 0. The highest BCUT2D eigenvalue weighted by Crippen LogP contribution is 2.36. The lowest BCUT2D eigenvalue weighted by Crippen LogP contribution is -2.34. The molecule has 1 aliphatic rings. The molecular weight excluding hydrogens is 305 g/mol. The summed E-state index contributed by atoms with van der Waals surface area (Å²) in [6.07, 6.45) is 5.11. The van der Waals surface area contributed by atoms with Gasteiger partial charge in [0.05, 0.1) is 12.1 Å². The first-order valence-corrected chi connectivity index (χ1v) is 7.24. The van der Waals surface area contributed by atoms with Gasteiger partial charge in [-0.25, -0.2) is 0 Å². The normalized spacial score (nSPS) is 19.6. The second-order valence-electron chi connectivity index (χ2n) is 5.05. The Morgan fingerprint density at radius 1 is 1.11 bits per heavy atom. The topological polar surface area (TPSA) is 46.2 Å². The van der Waals surface area contributed by atoms with E-state index in [1.165, 1.54) is 19.3 Å². The van der Waals surface area contributed by atoms with E-state index in [0.29, 0.717) is 15.6 Å². The lowest BCUT2D eigenvalue weighted by atomic mass is 9.81. The minimum atomic E-state index is -0.567. The van der Waals surface area contributed by atoms with E-state index in [1.54, 1.807) is 18.2 Å². The van der Waals surface area contributed by atoms with Crippen LogP contribution in [0.5, 0.6) is 0 Å². The molecule has 1 aromatic rings. The molecule has 0 amide bonds. The molecule has 1 aliphatic carbocycles. The number of benzene rings is 1. The maximum absolute atomic E-state index is 10.4. The first-order chi connectivity index (χ1) is 8.61. The van der Waals surface area contributed by atoms with E-state index in [9.17, 15) is 5.11 Å². The van der Waals surface area contributed by atoms with Gasteiger partial charge in [-0.1, -0.05) is 48.5 Å². The van der Waals surface area contributed by atoms with Crippen LogP contribution in [-0.4, -0.2) is 11.2 Å². The van der Waals surface area contributed by atoms with Crippen molar-refractivity contribution in [3.05, 3.63) is 33.8 Å². The molecule has 0 saturated heterocycles. The van der Waals surface area contributed by atoms with Gasteiger partial charge in [0.2, 0.25) is 0 Å². The van der Waals surface area contributed by atoms with Gasteiger partial charge in [-0.2, -0.15) is 0 Å². The van der Waals surface area contributed by atoms with Gasteiger partial charge < -0.3 is 10.8 Å². The van der Waals surface area contributed by atoms with Gasteiger partial charge >= 0.3 is 0 Å². The van der Waals surface area contributed by atoms with Crippen molar-refractivity contribution in [3.63, 3.8) is 0 Å². The average molecular weight is 325 g/mol. The second-order valence-corrected chi connectivity index (χ2v) is 5.86. The average Bonchev–Trinajstić information content (AvgIpc) is 2.38. The van der Waals surface area contributed by atoms with Crippen molar-refractivity contribution >= 4 is 35.6 Å². The lowest BCUT2D eigenvalue weighted by Gasteiger charge is -2.31. The SMILES string of the molecule is Cl.N[C@H](c1c(Cl)cccc1Cl)[C@@H](O)C1CCCCC1. The van der Waals surface area contributed by atoms with Crippen LogP contribution in [0.25, 0.3) is 0 Å². The molecule has 2 atom stereocenters. The number of nitrogens with two attached hydrogens (primary N) is 1. The third kappa shape index (κ3) is 3.99. The number of aliphatic hydroxyl groups is 1. The number of rotatable bonds is 3. The molecule has 108 valence electrons. The molecule has 0 unspecified atom stereocenters. The predicted molar refractivity (Wildman–Crippen MR) is 83.2 cm³/mol. The minimum Gasteiger partial charge on any atom is -0.391 e. The van der Waals surface area contributed by atoms with Crippen LogP contribution in [0.4, 0.5) is 0 Å². The number of hydrogen-bond acceptors (Lipinski definition) is 2. The van der Waals surface area contributed by atoms with Crippen molar-refractivity contribution in [1.82, 2.24) is 0 Å². The summed E-state index contributed by atoms with van der Waals surface area (Å²) in [7, 11) is 0. The fourth-order valence-electron chi connectivity index (χ4n) is 2.77. The molecule has 0 spiro atoms. The van der Waals surface area contributed by atoms with E-state index in [-0.39, 0.29) is 18.3 Å². The summed E-state index contributed by atoms with van der Waals surface area (Å²) in [5, 5.41) is 11.5. The number of aliphatic hydroxyl groups excluding tert-OH is 1. The van der Waals surface area contributed by atoms with E-state index in [2.05, 4.69) is 0 Å². The van der Waals surface area contributed by atoms with Crippen LogP contribution >= 0.6 is 35.6 Å². The maximum Gasteiger partial charge on any atom is 0.0761 e. The summed E-state index contributed by atoms with van der Waals surface area (Å²) >= 11 is 12.3. The largest absolute Gasteiger partial charge is 0.391 e. The molecule has 19 heavy (non-hydrogen) atoms. The van der Waals surface area contributed by atoms with Crippen molar-refractivity contribution in [2.75, 3.05) is 0 Å². The molecule has 1 aromatic carbocycles. The summed E-state index contributed by atoms with van der Waals surface area (Å²) in [6.45, 7) is 0. The van der Waals surface area contributed by atoms with Gasteiger partial charge in [0.15, 0.2) is 0 Å². The molecule has 0 bridgehead atoms. The first-order valence-electron chi connectivity index (χ1n) is 6.49.